The minimum Gasteiger partial charge on any atom is -0.423 e. The molecule has 1 atom stereocenters. The van der Waals surface area contributed by atoms with Gasteiger partial charge in [0.1, 0.15) is 0 Å². The highest BCUT2D eigenvalue weighted by Crippen LogP contribution is 2.19. The maximum atomic E-state index is 11.2. The van der Waals surface area contributed by atoms with Crippen molar-refractivity contribution in [2.24, 2.45) is 0 Å². The number of nitrogens with zero attached hydrogens (tertiary/aromatic N) is 1. The smallest absolute Gasteiger partial charge is 0.409 e. The molecule has 18 heavy (non-hydrogen) atoms. The number of alkyl carbamates (subject to hydrolysis) is 1. The summed E-state index contributed by atoms with van der Waals surface area (Å²) in [6.07, 6.45) is 5.29. The fraction of sp³-hybridized carbons (Fsp3) is 0.923. The number of carbonyl (C=O) groups is 1. The van der Waals surface area contributed by atoms with Crippen LogP contribution in [0.25, 0.3) is 0 Å². The molecule has 0 aromatic heterocycles. The normalized spacial score (nSPS) is 20.3. The lowest BCUT2D eigenvalue weighted by Gasteiger charge is -2.27. The lowest BCUT2D eigenvalue weighted by atomic mass is 10.1. The van der Waals surface area contributed by atoms with Crippen molar-refractivity contribution in [3.63, 3.8) is 0 Å². The lowest BCUT2D eigenvalue weighted by Crippen LogP contribution is -2.40. The second-order valence-corrected chi connectivity index (χ2v) is 4.92. The van der Waals surface area contributed by atoms with Crippen LogP contribution in [0.4, 0.5) is 4.79 Å². The summed E-state index contributed by atoms with van der Waals surface area (Å²) in [7, 11) is 0. The monoisotopic (exact) mass is 258 g/mol. The first-order valence-corrected chi connectivity index (χ1v) is 6.99. The van der Waals surface area contributed by atoms with Crippen molar-refractivity contribution in [1.29, 1.82) is 0 Å². The number of aliphatic hydroxyl groups excluding tert-OH is 1. The number of likely N-dealkylation sites (tertiary alicyclic amines) is 1. The zero-order valence-electron chi connectivity index (χ0n) is 11.5. The minimum atomic E-state index is -0.559. The first-order chi connectivity index (χ1) is 8.71. The maximum Gasteiger partial charge on any atom is 0.409 e. The molecule has 1 unspecified atom stereocenters. The standard InChI is InChI=1S/C13H26N2O3/c1-3-5-12(6-4-2)15-8-7-11(9-15)14-13(17)18-10-16/h11-12,16H,3-10H2,1-2H3,(H,14,17). The average Bonchev–Trinajstić information content (AvgIpc) is 2.77. The van der Waals surface area contributed by atoms with E-state index in [0.717, 1.165) is 19.5 Å². The fourth-order valence-corrected chi connectivity index (χ4v) is 2.68. The number of rotatable bonds is 7. The van der Waals surface area contributed by atoms with E-state index in [0.29, 0.717) is 6.04 Å². The second kappa shape index (κ2) is 8.32. The van der Waals surface area contributed by atoms with Crippen LogP contribution < -0.4 is 5.32 Å². The zero-order chi connectivity index (χ0) is 13.4. The molecule has 0 bridgehead atoms. The zero-order valence-corrected chi connectivity index (χ0v) is 11.5. The number of nitrogens with one attached hydrogen (secondary N) is 1. The van der Waals surface area contributed by atoms with Crippen LogP contribution in [-0.4, -0.2) is 48.1 Å². The van der Waals surface area contributed by atoms with Gasteiger partial charge in [0.2, 0.25) is 0 Å². The van der Waals surface area contributed by atoms with E-state index in [-0.39, 0.29) is 6.04 Å². The molecule has 0 saturated carbocycles. The van der Waals surface area contributed by atoms with Gasteiger partial charge < -0.3 is 15.2 Å². The van der Waals surface area contributed by atoms with Crippen LogP contribution in [0.1, 0.15) is 46.0 Å². The highest BCUT2D eigenvalue weighted by Gasteiger charge is 2.28. The van der Waals surface area contributed by atoms with Crippen LogP contribution in [0.2, 0.25) is 0 Å². The molecule has 0 aromatic rings. The molecule has 1 aliphatic rings. The predicted octanol–water partition coefficient (Wildman–Crippen LogP) is 1.71. The Morgan fingerprint density at radius 1 is 1.44 bits per heavy atom. The van der Waals surface area contributed by atoms with Gasteiger partial charge in [-0.1, -0.05) is 26.7 Å². The third kappa shape index (κ3) is 4.82. The van der Waals surface area contributed by atoms with Crippen molar-refractivity contribution >= 4 is 6.09 Å². The number of carbonyl (C=O) groups excluding carboxylic acids is 1. The third-order valence-corrected chi connectivity index (χ3v) is 3.50. The van der Waals surface area contributed by atoms with Crippen LogP contribution in [0, 0.1) is 0 Å². The molecule has 1 fully saturated rings. The van der Waals surface area contributed by atoms with Crippen molar-refractivity contribution in [2.45, 2.75) is 58.0 Å². The first-order valence-electron chi connectivity index (χ1n) is 6.99. The van der Waals surface area contributed by atoms with Crippen molar-refractivity contribution in [2.75, 3.05) is 19.9 Å². The molecule has 0 aliphatic carbocycles. The number of aliphatic hydroxyl groups is 1. The van der Waals surface area contributed by atoms with E-state index in [2.05, 4.69) is 28.8 Å². The van der Waals surface area contributed by atoms with E-state index in [1.165, 1.54) is 25.7 Å². The summed E-state index contributed by atoms with van der Waals surface area (Å²) in [5, 5.41) is 11.3. The predicted molar refractivity (Wildman–Crippen MR) is 70.3 cm³/mol. The summed E-state index contributed by atoms with van der Waals surface area (Å²) in [5.74, 6) is 0. The molecular weight excluding hydrogens is 232 g/mol. The second-order valence-electron chi connectivity index (χ2n) is 4.92. The lowest BCUT2D eigenvalue weighted by molar-refractivity contribution is 0.0426. The summed E-state index contributed by atoms with van der Waals surface area (Å²) in [5.41, 5.74) is 0. The Labute approximate surface area is 109 Å². The molecule has 106 valence electrons. The van der Waals surface area contributed by atoms with Gasteiger partial charge in [0.15, 0.2) is 6.79 Å². The topological polar surface area (TPSA) is 61.8 Å². The molecule has 1 saturated heterocycles. The number of hydrogen-bond acceptors (Lipinski definition) is 4. The first kappa shape index (κ1) is 15.2. The van der Waals surface area contributed by atoms with Gasteiger partial charge in [0, 0.05) is 25.2 Å². The van der Waals surface area contributed by atoms with Crippen LogP contribution in [0.5, 0.6) is 0 Å². The SMILES string of the molecule is CCCC(CCC)N1CCC(NC(=O)OCO)C1. The summed E-state index contributed by atoms with van der Waals surface area (Å²) >= 11 is 0. The van der Waals surface area contributed by atoms with Crippen molar-refractivity contribution in [1.82, 2.24) is 10.2 Å². The van der Waals surface area contributed by atoms with E-state index in [4.69, 9.17) is 5.11 Å². The quantitative estimate of drug-likeness (QED) is 0.682. The number of hydrogen-bond donors (Lipinski definition) is 2. The van der Waals surface area contributed by atoms with E-state index < -0.39 is 12.9 Å². The van der Waals surface area contributed by atoms with Gasteiger partial charge in [0.05, 0.1) is 0 Å². The number of ether oxygens (including phenoxy) is 1. The third-order valence-electron chi connectivity index (χ3n) is 3.50. The Bertz CT molecular complexity index is 242. The molecule has 1 rings (SSSR count). The van der Waals surface area contributed by atoms with Gasteiger partial charge in [-0.2, -0.15) is 0 Å². The molecule has 1 heterocycles. The molecule has 1 aliphatic heterocycles. The summed E-state index contributed by atoms with van der Waals surface area (Å²) in [6, 6.07) is 0.793. The Balaban J connectivity index is 2.36. The van der Waals surface area contributed by atoms with Crippen LogP contribution in [-0.2, 0) is 4.74 Å². The molecule has 0 aromatic carbocycles. The van der Waals surface area contributed by atoms with Crippen LogP contribution in [0.3, 0.4) is 0 Å². The van der Waals surface area contributed by atoms with Crippen molar-refractivity contribution in [3.05, 3.63) is 0 Å². The van der Waals surface area contributed by atoms with Gasteiger partial charge in [0.25, 0.3) is 0 Å². The molecule has 5 heteroatoms. The maximum absolute atomic E-state index is 11.2. The van der Waals surface area contributed by atoms with Gasteiger partial charge >= 0.3 is 6.09 Å². The summed E-state index contributed by atoms with van der Waals surface area (Å²) in [4.78, 5) is 13.7. The van der Waals surface area contributed by atoms with Crippen molar-refractivity contribution < 1.29 is 14.6 Å². The van der Waals surface area contributed by atoms with E-state index in [9.17, 15) is 4.79 Å². The average molecular weight is 258 g/mol. The van der Waals surface area contributed by atoms with Crippen LogP contribution in [0.15, 0.2) is 0 Å². The highest BCUT2D eigenvalue weighted by atomic mass is 16.6. The minimum absolute atomic E-state index is 0.153. The summed E-state index contributed by atoms with van der Waals surface area (Å²) in [6.45, 7) is 5.80. The highest BCUT2D eigenvalue weighted by molar-refractivity contribution is 5.67. The van der Waals surface area contributed by atoms with E-state index in [1.54, 1.807) is 0 Å². The van der Waals surface area contributed by atoms with Crippen LogP contribution >= 0.6 is 0 Å². The van der Waals surface area contributed by atoms with Gasteiger partial charge in [-0.05, 0) is 19.3 Å². The van der Waals surface area contributed by atoms with Crippen molar-refractivity contribution in [3.8, 4) is 0 Å². The Hall–Kier alpha value is -0.810. The molecule has 0 radical (unpaired) electrons. The Morgan fingerprint density at radius 3 is 2.67 bits per heavy atom. The molecular formula is C13H26N2O3. The van der Waals surface area contributed by atoms with E-state index in [1.807, 2.05) is 0 Å². The number of amides is 1. The Morgan fingerprint density at radius 2 is 2.11 bits per heavy atom. The molecule has 1 amide bonds. The molecule has 0 spiro atoms. The largest absolute Gasteiger partial charge is 0.423 e. The van der Waals surface area contributed by atoms with Gasteiger partial charge in [-0.3, -0.25) is 4.90 Å². The fourth-order valence-electron chi connectivity index (χ4n) is 2.68. The van der Waals surface area contributed by atoms with Gasteiger partial charge in [-0.15, -0.1) is 0 Å². The Kier molecular flexibility index (Phi) is 7.05. The van der Waals surface area contributed by atoms with E-state index >= 15 is 0 Å². The van der Waals surface area contributed by atoms with Gasteiger partial charge in [-0.25, -0.2) is 4.79 Å². The molecule has 5 nitrogen and oxygen atoms in total. The summed E-state index contributed by atoms with van der Waals surface area (Å²) < 4.78 is 4.48. The molecule has 2 N–H and O–H groups in total.